The quantitative estimate of drug-likeness (QED) is 0.322. The van der Waals surface area contributed by atoms with Gasteiger partial charge in [0, 0.05) is 30.2 Å². The van der Waals surface area contributed by atoms with E-state index < -0.39 is 39.3 Å². The number of nitro benzene ring substituents is 1. The number of non-ortho nitro benzene ring substituents is 1. The molecule has 2 amide bonds. The zero-order valence-electron chi connectivity index (χ0n) is 20.4. The molecule has 0 bridgehead atoms. The van der Waals surface area contributed by atoms with Crippen LogP contribution in [0.2, 0.25) is 5.02 Å². The summed E-state index contributed by atoms with van der Waals surface area (Å²) in [6.07, 6.45) is 1.12. The summed E-state index contributed by atoms with van der Waals surface area (Å²) >= 11 is 6.30. The molecule has 1 N–H and O–H groups in total. The molecule has 0 fully saturated rings. The number of methoxy groups -OCH3 is 1. The number of nitrogens with one attached hydrogen (secondary N) is 1. The molecule has 2 rings (SSSR count). The number of carbonyl (C=O) groups excluding carboxylic acids is 2. The Labute approximate surface area is 215 Å². The molecular weight excluding hydrogens is 512 g/mol. The van der Waals surface area contributed by atoms with Gasteiger partial charge in [0.2, 0.25) is 21.8 Å². The van der Waals surface area contributed by atoms with Gasteiger partial charge < -0.3 is 15.0 Å². The van der Waals surface area contributed by atoms with Gasteiger partial charge in [0.25, 0.3) is 5.69 Å². The lowest BCUT2D eigenvalue weighted by Gasteiger charge is -2.33. The van der Waals surface area contributed by atoms with Crippen LogP contribution in [0.1, 0.15) is 25.8 Å². The van der Waals surface area contributed by atoms with E-state index in [1.165, 1.54) is 18.1 Å². The number of likely N-dealkylation sites (N-methyl/N-ethyl adjacent to an activating group) is 1. The average molecular weight is 541 g/mol. The zero-order valence-corrected chi connectivity index (χ0v) is 22.0. The minimum atomic E-state index is -4.11. The molecule has 1 atom stereocenters. The Hall–Kier alpha value is -3.38. The van der Waals surface area contributed by atoms with E-state index in [0.29, 0.717) is 17.1 Å². The number of halogens is 1. The Bertz CT molecular complexity index is 1220. The second-order valence-electron chi connectivity index (χ2n) is 7.81. The molecule has 11 nitrogen and oxygen atoms in total. The summed E-state index contributed by atoms with van der Waals surface area (Å²) in [7, 11) is -2.83. The molecular formula is C23H29ClN4O7S. The zero-order chi connectivity index (χ0) is 27.0. The molecule has 0 saturated heterocycles. The van der Waals surface area contributed by atoms with Crippen LogP contribution >= 0.6 is 11.6 Å². The molecule has 0 aliphatic rings. The monoisotopic (exact) mass is 540 g/mol. The van der Waals surface area contributed by atoms with Crippen molar-refractivity contribution >= 4 is 44.8 Å². The van der Waals surface area contributed by atoms with Crippen LogP contribution in [0.5, 0.6) is 5.75 Å². The first-order chi connectivity index (χ1) is 16.9. The van der Waals surface area contributed by atoms with Gasteiger partial charge >= 0.3 is 0 Å². The van der Waals surface area contributed by atoms with Crippen LogP contribution in [0.15, 0.2) is 42.5 Å². The number of benzene rings is 2. The number of hydrogen-bond acceptors (Lipinski definition) is 7. The average Bonchev–Trinajstić information content (AvgIpc) is 2.82. The van der Waals surface area contributed by atoms with E-state index in [2.05, 4.69) is 5.32 Å². The molecule has 0 aliphatic heterocycles. The fourth-order valence-corrected chi connectivity index (χ4v) is 4.64. The van der Waals surface area contributed by atoms with Gasteiger partial charge in [-0.2, -0.15) is 0 Å². The smallest absolute Gasteiger partial charge is 0.271 e. The summed E-state index contributed by atoms with van der Waals surface area (Å²) in [5.74, 6) is -1.08. The molecule has 0 aliphatic carbocycles. The lowest BCUT2D eigenvalue weighted by Crippen LogP contribution is -2.52. The highest BCUT2D eigenvalue weighted by molar-refractivity contribution is 7.92. The normalized spacial score (nSPS) is 11.9. The molecule has 0 saturated carbocycles. The summed E-state index contributed by atoms with van der Waals surface area (Å²) in [5, 5.41) is 14.4. The van der Waals surface area contributed by atoms with Gasteiger partial charge in [-0.05, 0) is 31.0 Å². The van der Waals surface area contributed by atoms with Crippen molar-refractivity contribution in [2.75, 3.05) is 30.8 Å². The van der Waals surface area contributed by atoms with Crippen molar-refractivity contribution in [1.29, 1.82) is 0 Å². The van der Waals surface area contributed by atoms with Crippen LogP contribution in [0.3, 0.4) is 0 Å². The third-order valence-electron chi connectivity index (χ3n) is 5.36. The number of hydrogen-bond donors (Lipinski definition) is 1. The fourth-order valence-electron chi connectivity index (χ4n) is 3.60. The van der Waals surface area contributed by atoms with E-state index in [0.717, 1.165) is 22.7 Å². The lowest BCUT2D eigenvalue weighted by atomic mass is 10.1. The van der Waals surface area contributed by atoms with Crippen molar-refractivity contribution in [2.24, 2.45) is 0 Å². The third-order valence-corrected chi connectivity index (χ3v) is 6.85. The van der Waals surface area contributed by atoms with Crippen molar-refractivity contribution < 1.29 is 27.7 Å². The minimum Gasteiger partial charge on any atom is -0.495 e. The van der Waals surface area contributed by atoms with Crippen LogP contribution in [0.4, 0.5) is 11.4 Å². The number of nitrogens with zero attached hydrogens (tertiary/aromatic N) is 3. The summed E-state index contributed by atoms with van der Waals surface area (Å²) in [5.41, 5.74) is 0.00832. The van der Waals surface area contributed by atoms with Crippen molar-refractivity contribution in [3.8, 4) is 5.75 Å². The van der Waals surface area contributed by atoms with Gasteiger partial charge in [-0.1, -0.05) is 36.7 Å². The van der Waals surface area contributed by atoms with Crippen LogP contribution in [0, 0.1) is 10.1 Å². The van der Waals surface area contributed by atoms with Crippen molar-refractivity contribution in [2.45, 2.75) is 32.9 Å². The Balaban J connectivity index is 2.57. The Morgan fingerprint density at radius 1 is 1.19 bits per heavy atom. The molecule has 2 aromatic carbocycles. The van der Waals surface area contributed by atoms with Gasteiger partial charge in [0.1, 0.15) is 24.0 Å². The molecule has 2 aromatic rings. The van der Waals surface area contributed by atoms with Gasteiger partial charge in [-0.15, -0.1) is 0 Å². The molecule has 0 unspecified atom stereocenters. The molecule has 196 valence electrons. The Morgan fingerprint density at radius 3 is 2.39 bits per heavy atom. The molecule has 36 heavy (non-hydrogen) atoms. The van der Waals surface area contributed by atoms with E-state index >= 15 is 0 Å². The number of amides is 2. The summed E-state index contributed by atoms with van der Waals surface area (Å²) in [6.45, 7) is 3.02. The molecule has 0 spiro atoms. The van der Waals surface area contributed by atoms with E-state index in [9.17, 15) is 28.1 Å². The second kappa shape index (κ2) is 12.5. The number of ether oxygens (including phenoxy) is 1. The van der Waals surface area contributed by atoms with E-state index in [4.69, 9.17) is 16.3 Å². The van der Waals surface area contributed by atoms with E-state index in [1.807, 2.05) is 0 Å². The maximum atomic E-state index is 13.6. The number of sulfonamides is 1. The summed E-state index contributed by atoms with van der Waals surface area (Å²) in [6, 6.07) is 9.31. The SMILES string of the molecule is CCNC(=O)[C@@H](CC)N(Cc1ccccc1Cl)C(=O)CN(c1cc([N+](=O)[O-])ccc1OC)S(C)(=O)=O. The van der Waals surface area contributed by atoms with E-state index in [1.54, 1.807) is 38.1 Å². The van der Waals surface area contributed by atoms with Gasteiger partial charge in [0.05, 0.1) is 18.3 Å². The fraction of sp³-hybridized carbons (Fsp3) is 0.391. The topological polar surface area (TPSA) is 139 Å². The first-order valence-electron chi connectivity index (χ1n) is 11.0. The highest BCUT2D eigenvalue weighted by Crippen LogP contribution is 2.34. The number of carbonyl (C=O) groups is 2. The molecule has 0 aromatic heterocycles. The number of rotatable bonds is 12. The van der Waals surface area contributed by atoms with Gasteiger partial charge in [-0.3, -0.25) is 24.0 Å². The van der Waals surface area contributed by atoms with Gasteiger partial charge in [0.15, 0.2) is 0 Å². The molecule has 0 radical (unpaired) electrons. The standard InChI is InChI=1S/C23H29ClN4O7S/c1-5-19(23(30)25-6-2)26(14-16-9-7-8-10-18(16)24)22(29)15-27(36(4,33)34)20-13-17(28(31)32)11-12-21(20)35-3/h7-13,19H,5-6,14-15H2,1-4H3,(H,25,30)/t19-/m1/s1. The first-order valence-corrected chi connectivity index (χ1v) is 13.3. The van der Waals surface area contributed by atoms with Crippen LogP contribution in [0.25, 0.3) is 0 Å². The summed E-state index contributed by atoms with van der Waals surface area (Å²) < 4.78 is 31.5. The summed E-state index contributed by atoms with van der Waals surface area (Å²) in [4.78, 5) is 38.3. The maximum absolute atomic E-state index is 13.6. The number of anilines is 1. The molecule has 13 heteroatoms. The largest absolute Gasteiger partial charge is 0.495 e. The molecule has 0 heterocycles. The third kappa shape index (κ3) is 7.08. The minimum absolute atomic E-state index is 0.0206. The van der Waals surface area contributed by atoms with Crippen molar-refractivity contribution in [3.63, 3.8) is 0 Å². The highest BCUT2D eigenvalue weighted by Gasteiger charge is 2.33. The van der Waals surface area contributed by atoms with Crippen molar-refractivity contribution in [3.05, 3.63) is 63.2 Å². The number of nitro groups is 1. The predicted molar refractivity (Wildman–Crippen MR) is 137 cm³/mol. The predicted octanol–water partition coefficient (Wildman–Crippen LogP) is 2.97. The van der Waals surface area contributed by atoms with Crippen LogP contribution < -0.4 is 14.4 Å². The first kappa shape index (κ1) is 28.9. The lowest BCUT2D eigenvalue weighted by molar-refractivity contribution is -0.384. The van der Waals surface area contributed by atoms with Crippen LogP contribution in [-0.2, 0) is 26.2 Å². The highest BCUT2D eigenvalue weighted by atomic mass is 35.5. The van der Waals surface area contributed by atoms with E-state index in [-0.39, 0.29) is 30.1 Å². The van der Waals surface area contributed by atoms with Crippen LogP contribution in [-0.4, -0.2) is 62.6 Å². The maximum Gasteiger partial charge on any atom is 0.271 e. The second-order valence-corrected chi connectivity index (χ2v) is 10.1. The Morgan fingerprint density at radius 2 is 1.86 bits per heavy atom. The van der Waals surface area contributed by atoms with Gasteiger partial charge in [-0.25, -0.2) is 8.42 Å². The van der Waals surface area contributed by atoms with Crippen molar-refractivity contribution in [1.82, 2.24) is 10.2 Å². The Kier molecular flexibility index (Phi) is 10.1.